The maximum atomic E-state index is 12.5. The summed E-state index contributed by atoms with van der Waals surface area (Å²) in [6, 6.07) is 10.2. The van der Waals surface area contributed by atoms with Gasteiger partial charge < -0.3 is 4.74 Å². The zero-order valence-electron chi connectivity index (χ0n) is 18.6. The maximum absolute atomic E-state index is 12.5. The van der Waals surface area contributed by atoms with Crippen molar-refractivity contribution < 1.29 is 9.53 Å². The molecule has 0 radical (unpaired) electrons. The van der Waals surface area contributed by atoms with Crippen molar-refractivity contribution in [3.8, 4) is 11.8 Å². The molecule has 0 spiro atoms. The molecular weight excluding hydrogens is 486 g/mol. The van der Waals surface area contributed by atoms with E-state index < -0.39 is 5.91 Å². The predicted octanol–water partition coefficient (Wildman–Crippen LogP) is 3.57. The lowest BCUT2D eigenvalue weighted by molar-refractivity contribution is -0.112. The number of rotatable bonds is 8. The normalized spacial score (nSPS) is 13.5. The smallest absolute Gasteiger partial charge is 0.275 e. The van der Waals surface area contributed by atoms with Crippen LogP contribution in [0.1, 0.15) is 47.0 Å². The summed E-state index contributed by atoms with van der Waals surface area (Å²) >= 11 is 2.72. The Bertz CT molecular complexity index is 1530. The van der Waals surface area contributed by atoms with Crippen molar-refractivity contribution in [2.24, 2.45) is 0 Å². The molecule has 1 aromatic carbocycles. The molecule has 0 aliphatic heterocycles. The SMILES string of the molecule is CCc1nn2c(=O)cc(COc3ccc(/C=C(/C#N)C(=O)Nc4nnc(C5CC5)s4)cc3)nc2s1. The number of ether oxygens (including phenoxy) is 1. The number of anilines is 1. The molecule has 176 valence electrons. The quantitative estimate of drug-likeness (QED) is 0.284. The van der Waals surface area contributed by atoms with E-state index in [9.17, 15) is 14.9 Å². The standard InChI is InChI=1S/C23H19N7O3S2/c1-2-18-29-30-19(31)10-16(25-23(30)34-18)12-33-17-7-3-13(4-8-17)9-15(11-24)20(32)26-22-28-27-21(35-22)14-5-6-14/h3-4,7-10,14H,2,5-6,12H2,1H3,(H,26,28,32)/b15-9-. The molecule has 1 amide bonds. The van der Waals surface area contributed by atoms with E-state index in [0.717, 1.165) is 29.3 Å². The third-order valence-electron chi connectivity index (χ3n) is 5.17. The zero-order chi connectivity index (χ0) is 24.4. The Hall–Kier alpha value is -3.95. The summed E-state index contributed by atoms with van der Waals surface area (Å²) < 4.78 is 7.06. The number of amides is 1. The van der Waals surface area contributed by atoms with E-state index in [1.165, 1.54) is 39.3 Å². The molecule has 3 heterocycles. The Kier molecular flexibility index (Phi) is 6.35. The third kappa shape index (κ3) is 5.26. The van der Waals surface area contributed by atoms with E-state index in [-0.39, 0.29) is 17.7 Å². The van der Waals surface area contributed by atoms with Crippen LogP contribution in [0.15, 0.2) is 40.7 Å². The molecule has 1 aliphatic rings. The highest BCUT2D eigenvalue weighted by molar-refractivity contribution is 7.16. The lowest BCUT2D eigenvalue weighted by atomic mass is 10.1. The summed E-state index contributed by atoms with van der Waals surface area (Å²) in [6.45, 7) is 2.09. The highest BCUT2D eigenvalue weighted by Crippen LogP contribution is 2.42. The zero-order valence-corrected chi connectivity index (χ0v) is 20.2. The first-order valence-electron chi connectivity index (χ1n) is 10.9. The van der Waals surface area contributed by atoms with E-state index >= 15 is 0 Å². The lowest BCUT2D eigenvalue weighted by Crippen LogP contribution is -2.16. The Morgan fingerprint density at radius 2 is 2.09 bits per heavy atom. The largest absolute Gasteiger partial charge is 0.487 e. The first kappa shape index (κ1) is 22.8. The first-order chi connectivity index (χ1) is 17.0. The van der Waals surface area contributed by atoms with Crippen molar-refractivity contribution in [3.63, 3.8) is 0 Å². The molecule has 1 aliphatic carbocycles. The van der Waals surface area contributed by atoms with E-state index in [1.54, 1.807) is 24.3 Å². The van der Waals surface area contributed by atoms with Gasteiger partial charge in [0, 0.05) is 12.0 Å². The van der Waals surface area contributed by atoms with Crippen LogP contribution in [0.4, 0.5) is 5.13 Å². The number of hydrogen-bond acceptors (Lipinski definition) is 10. The van der Waals surface area contributed by atoms with Crippen molar-refractivity contribution in [1.82, 2.24) is 24.8 Å². The van der Waals surface area contributed by atoms with Crippen molar-refractivity contribution in [1.29, 1.82) is 5.26 Å². The monoisotopic (exact) mass is 505 g/mol. The van der Waals surface area contributed by atoms with Crippen molar-refractivity contribution in [3.05, 3.63) is 67.5 Å². The van der Waals surface area contributed by atoms with Crippen molar-refractivity contribution in [2.45, 2.75) is 38.7 Å². The molecule has 35 heavy (non-hydrogen) atoms. The van der Waals surface area contributed by atoms with Gasteiger partial charge in [-0.3, -0.25) is 14.9 Å². The van der Waals surface area contributed by atoms with Gasteiger partial charge >= 0.3 is 0 Å². The minimum Gasteiger partial charge on any atom is -0.487 e. The summed E-state index contributed by atoms with van der Waals surface area (Å²) in [5.41, 5.74) is 0.880. The van der Waals surface area contributed by atoms with Crippen LogP contribution in [0.2, 0.25) is 0 Å². The molecule has 5 rings (SSSR count). The molecule has 12 heteroatoms. The number of hydrogen-bond donors (Lipinski definition) is 1. The van der Waals surface area contributed by atoms with Gasteiger partial charge in [0.15, 0.2) is 0 Å². The second kappa shape index (κ2) is 9.73. The van der Waals surface area contributed by atoms with Crippen LogP contribution in [0.5, 0.6) is 5.75 Å². The Labute approximate surface area is 207 Å². The fraction of sp³-hybridized carbons (Fsp3) is 0.261. The van der Waals surface area contributed by atoms with E-state index in [4.69, 9.17) is 4.74 Å². The second-order valence-electron chi connectivity index (χ2n) is 7.83. The third-order valence-corrected chi connectivity index (χ3v) is 7.23. The Morgan fingerprint density at radius 1 is 1.29 bits per heavy atom. The van der Waals surface area contributed by atoms with Crippen LogP contribution < -0.4 is 15.6 Å². The molecule has 1 fully saturated rings. The first-order valence-corrected chi connectivity index (χ1v) is 12.5. The van der Waals surface area contributed by atoms with Crippen LogP contribution in [0, 0.1) is 11.3 Å². The van der Waals surface area contributed by atoms with E-state index in [1.807, 2.05) is 13.0 Å². The molecular formula is C23H19N7O3S2. The summed E-state index contributed by atoms with van der Waals surface area (Å²) in [5, 5.41) is 26.5. The van der Waals surface area contributed by atoms with E-state index in [0.29, 0.717) is 33.0 Å². The van der Waals surface area contributed by atoms with Gasteiger partial charge in [0.2, 0.25) is 10.1 Å². The summed E-state index contributed by atoms with van der Waals surface area (Å²) in [5.74, 6) is 0.479. The van der Waals surface area contributed by atoms with Gasteiger partial charge in [-0.1, -0.05) is 41.7 Å². The van der Waals surface area contributed by atoms with Crippen LogP contribution in [0.3, 0.4) is 0 Å². The topological polar surface area (TPSA) is 135 Å². The average molecular weight is 506 g/mol. The number of nitrogens with zero attached hydrogens (tertiary/aromatic N) is 6. The average Bonchev–Trinajstić information content (AvgIpc) is 3.46. The van der Waals surface area contributed by atoms with E-state index in [2.05, 4.69) is 25.6 Å². The maximum Gasteiger partial charge on any atom is 0.275 e. The van der Waals surface area contributed by atoms with Gasteiger partial charge in [-0.2, -0.15) is 14.9 Å². The number of aromatic nitrogens is 5. The number of carbonyl (C=O) groups is 1. The molecule has 0 atom stereocenters. The van der Waals surface area contributed by atoms with Crippen LogP contribution in [0.25, 0.3) is 11.0 Å². The number of nitriles is 1. The molecule has 4 aromatic rings. The number of aryl methyl sites for hydroxylation is 1. The number of carbonyl (C=O) groups excluding carboxylic acids is 1. The van der Waals surface area contributed by atoms with Gasteiger partial charge in [-0.25, -0.2) is 4.98 Å². The summed E-state index contributed by atoms with van der Waals surface area (Å²) in [6.07, 6.45) is 4.43. The van der Waals surface area contributed by atoms with Crippen molar-refractivity contribution >= 4 is 44.7 Å². The Morgan fingerprint density at radius 3 is 2.80 bits per heavy atom. The minimum atomic E-state index is -0.534. The number of nitrogens with one attached hydrogen (secondary N) is 1. The fourth-order valence-corrected chi connectivity index (χ4v) is 4.96. The fourth-order valence-electron chi connectivity index (χ4n) is 3.19. The van der Waals surface area contributed by atoms with Gasteiger partial charge in [0.05, 0.1) is 5.69 Å². The highest BCUT2D eigenvalue weighted by atomic mass is 32.1. The second-order valence-corrected chi connectivity index (χ2v) is 9.88. The molecule has 1 saturated carbocycles. The highest BCUT2D eigenvalue weighted by Gasteiger charge is 2.28. The predicted molar refractivity (Wildman–Crippen MR) is 131 cm³/mol. The van der Waals surface area contributed by atoms with Crippen molar-refractivity contribution in [2.75, 3.05) is 5.32 Å². The lowest BCUT2D eigenvalue weighted by Gasteiger charge is -2.06. The number of benzene rings is 1. The van der Waals surface area contributed by atoms with Gasteiger partial charge in [-0.05, 0) is 43.0 Å². The van der Waals surface area contributed by atoms with Crippen LogP contribution >= 0.6 is 22.7 Å². The molecule has 3 aromatic heterocycles. The summed E-state index contributed by atoms with van der Waals surface area (Å²) in [7, 11) is 0. The molecule has 0 unspecified atom stereocenters. The molecule has 0 bridgehead atoms. The minimum absolute atomic E-state index is 0.0455. The van der Waals surface area contributed by atoms with Gasteiger partial charge in [-0.15, -0.1) is 10.2 Å². The molecule has 10 nitrogen and oxygen atoms in total. The van der Waals surface area contributed by atoms with Gasteiger partial charge in [0.1, 0.15) is 34.0 Å². The molecule has 0 saturated heterocycles. The number of fused-ring (bicyclic) bond motifs is 1. The van der Waals surface area contributed by atoms with Crippen LogP contribution in [-0.4, -0.2) is 30.7 Å². The van der Waals surface area contributed by atoms with Crippen LogP contribution in [-0.2, 0) is 17.8 Å². The van der Waals surface area contributed by atoms with Gasteiger partial charge in [0.25, 0.3) is 11.5 Å². The Balaban J connectivity index is 1.22. The summed E-state index contributed by atoms with van der Waals surface area (Å²) in [4.78, 5) is 29.7. The molecule has 1 N–H and O–H groups in total.